The maximum atomic E-state index is 12.1. The Bertz CT molecular complexity index is 701. The lowest BCUT2D eigenvalue weighted by Gasteiger charge is -2.06. The summed E-state index contributed by atoms with van der Waals surface area (Å²) in [4.78, 5) is 20.8. The van der Waals surface area contributed by atoms with E-state index in [9.17, 15) is 4.79 Å². The first kappa shape index (κ1) is 22.3. The van der Waals surface area contributed by atoms with E-state index in [0.717, 1.165) is 17.2 Å². The van der Waals surface area contributed by atoms with Gasteiger partial charge in [-0.25, -0.2) is 0 Å². The van der Waals surface area contributed by atoms with Crippen molar-refractivity contribution in [2.45, 2.75) is 5.75 Å². The summed E-state index contributed by atoms with van der Waals surface area (Å²) in [5, 5.41) is 4.15. The van der Waals surface area contributed by atoms with E-state index >= 15 is 0 Å². The first-order chi connectivity index (χ1) is 11.7. The number of aliphatic imine (C=N–C) groups is 1. The summed E-state index contributed by atoms with van der Waals surface area (Å²) < 4.78 is 0. The third-order valence-electron chi connectivity index (χ3n) is 3.01. The van der Waals surface area contributed by atoms with E-state index in [4.69, 9.17) is 11.6 Å². The Hall–Kier alpha value is -0.770. The van der Waals surface area contributed by atoms with Crippen molar-refractivity contribution in [2.24, 2.45) is 4.99 Å². The van der Waals surface area contributed by atoms with Crippen molar-refractivity contribution >= 4 is 70.2 Å². The van der Waals surface area contributed by atoms with Gasteiger partial charge in [0.1, 0.15) is 0 Å². The number of benzene rings is 1. The second-order valence-corrected chi connectivity index (χ2v) is 7.00. The lowest BCUT2D eigenvalue weighted by molar-refractivity contribution is 0.0978. The molecule has 1 aromatic carbocycles. The molecule has 0 unspecified atom stereocenters. The molecule has 0 spiro atoms. The average Bonchev–Trinajstić information content (AvgIpc) is 2.62. The number of hydrogen-bond donors (Lipinski definition) is 1. The third-order valence-corrected chi connectivity index (χ3v) is 4.93. The highest BCUT2D eigenvalue weighted by Crippen LogP contribution is 2.18. The number of aromatic nitrogens is 1. The van der Waals surface area contributed by atoms with Crippen LogP contribution < -0.4 is 5.32 Å². The highest BCUT2D eigenvalue weighted by Gasteiger charge is 2.07. The standard InChI is InChI=1S/C17H18ClN3OS2.HI/c1-23-17(21-16(22)13-6-3-2-4-7-13)20-10-11-24-12-15-14(18)8-5-9-19-15;/h2-9H,10-12H2,1H3,(H,20,21,22);1H. The van der Waals surface area contributed by atoms with Gasteiger partial charge in [-0.05, 0) is 30.5 Å². The van der Waals surface area contributed by atoms with Crippen LogP contribution in [0.15, 0.2) is 53.7 Å². The van der Waals surface area contributed by atoms with Crippen LogP contribution in [0.25, 0.3) is 0 Å². The molecule has 1 heterocycles. The van der Waals surface area contributed by atoms with Gasteiger partial charge in [-0.15, -0.1) is 24.0 Å². The van der Waals surface area contributed by atoms with Gasteiger partial charge in [0.15, 0.2) is 5.17 Å². The molecule has 2 aromatic rings. The zero-order valence-electron chi connectivity index (χ0n) is 13.6. The van der Waals surface area contributed by atoms with Crippen molar-refractivity contribution in [1.82, 2.24) is 10.3 Å². The molecule has 0 aliphatic carbocycles. The van der Waals surface area contributed by atoms with E-state index in [0.29, 0.717) is 22.3 Å². The van der Waals surface area contributed by atoms with E-state index in [1.54, 1.807) is 30.1 Å². The van der Waals surface area contributed by atoms with Crippen LogP contribution in [0.1, 0.15) is 16.1 Å². The summed E-state index contributed by atoms with van der Waals surface area (Å²) in [7, 11) is 0. The van der Waals surface area contributed by atoms with E-state index < -0.39 is 0 Å². The number of nitrogens with one attached hydrogen (secondary N) is 1. The maximum absolute atomic E-state index is 12.1. The predicted octanol–water partition coefficient (Wildman–Crippen LogP) is 4.74. The normalized spacial score (nSPS) is 10.9. The van der Waals surface area contributed by atoms with Crippen LogP contribution in [0.5, 0.6) is 0 Å². The largest absolute Gasteiger partial charge is 0.301 e. The molecule has 134 valence electrons. The Morgan fingerprint density at radius 2 is 2.00 bits per heavy atom. The number of pyridine rings is 1. The maximum Gasteiger partial charge on any atom is 0.257 e. The van der Waals surface area contributed by atoms with Gasteiger partial charge in [0.25, 0.3) is 5.91 Å². The molecule has 1 aromatic heterocycles. The van der Waals surface area contributed by atoms with E-state index in [2.05, 4.69) is 15.3 Å². The molecular weight excluding hydrogens is 489 g/mol. The first-order valence-electron chi connectivity index (χ1n) is 7.32. The summed E-state index contributed by atoms with van der Waals surface area (Å²) in [5.41, 5.74) is 1.51. The number of thioether (sulfide) groups is 2. The van der Waals surface area contributed by atoms with E-state index in [1.165, 1.54) is 11.8 Å². The highest BCUT2D eigenvalue weighted by atomic mass is 127. The lowest BCUT2D eigenvalue weighted by atomic mass is 10.2. The van der Waals surface area contributed by atoms with Crippen LogP contribution in [0, 0.1) is 0 Å². The Morgan fingerprint density at radius 3 is 2.68 bits per heavy atom. The predicted molar refractivity (Wildman–Crippen MR) is 121 cm³/mol. The minimum atomic E-state index is -0.142. The molecule has 0 saturated carbocycles. The molecular formula is C17H19ClIN3OS2. The van der Waals surface area contributed by atoms with E-state index in [1.807, 2.05) is 36.6 Å². The number of rotatable bonds is 6. The molecule has 0 bridgehead atoms. The van der Waals surface area contributed by atoms with Crippen molar-refractivity contribution in [2.75, 3.05) is 18.6 Å². The van der Waals surface area contributed by atoms with Crippen LogP contribution in [0.4, 0.5) is 0 Å². The minimum Gasteiger partial charge on any atom is -0.301 e. The summed E-state index contributed by atoms with van der Waals surface area (Å²) >= 11 is 9.21. The van der Waals surface area contributed by atoms with Crippen LogP contribution >= 0.6 is 59.1 Å². The molecule has 0 atom stereocenters. The fraction of sp³-hybridized carbons (Fsp3) is 0.235. The van der Waals surface area contributed by atoms with Crippen LogP contribution in [-0.2, 0) is 5.75 Å². The topological polar surface area (TPSA) is 54.4 Å². The Kier molecular flexibility index (Phi) is 11.2. The number of amidine groups is 1. The Labute approximate surface area is 178 Å². The number of carbonyl (C=O) groups excluding carboxylic acids is 1. The molecule has 0 aliphatic heterocycles. The van der Waals surface area contributed by atoms with Gasteiger partial charge in [-0.1, -0.05) is 41.6 Å². The second-order valence-electron chi connectivity index (χ2n) is 4.70. The molecule has 4 nitrogen and oxygen atoms in total. The minimum absolute atomic E-state index is 0. The molecule has 1 N–H and O–H groups in total. The summed E-state index contributed by atoms with van der Waals surface area (Å²) in [6, 6.07) is 12.8. The number of carbonyl (C=O) groups is 1. The van der Waals surface area contributed by atoms with Gasteiger partial charge in [0, 0.05) is 23.3 Å². The molecule has 25 heavy (non-hydrogen) atoms. The van der Waals surface area contributed by atoms with Gasteiger partial charge in [-0.3, -0.25) is 14.8 Å². The van der Waals surface area contributed by atoms with Gasteiger partial charge < -0.3 is 5.32 Å². The highest BCUT2D eigenvalue weighted by molar-refractivity contribution is 14.0. The summed E-state index contributed by atoms with van der Waals surface area (Å²) in [5.74, 6) is 1.44. The van der Waals surface area contributed by atoms with Crippen molar-refractivity contribution in [1.29, 1.82) is 0 Å². The molecule has 0 radical (unpaired) electrons. The monoisotopic (exact) mass is 507 g/mol. The fourth-order valence-corrected chi connectivity index (χ4v) is 3.29. The van der Waals surface area contributed by atoms with Gasteiger partial charge >= 0.3 is 0 Å². The van der Waals surface area contributed by atoms with Gasteiger partial charge in [0.05, 0.1) is 17.3 Å². The Morgan fingerprint density at radius 1 is 1.24 bits per heavy atom. The lowest BCUT2D eigenvalue weighted by Crippen LogP contribution is -2.28. The number of hydrogen-bond acceptors (Lipinski definition) is 5. The van der Waals surface area contributed by atoms with Crippen LogP contribution in [0.2, 0.25) is 5.02 Å². The third kappa shape index (κ3) is 7.98. The van der Waals surface area contributed by atoms with E-state index in [-0.39, 0.29) is 29.9 Å². The molecule has 0 aliphatic rings. The second kappa shape index (κ2) is 12.6. The van der Waals surface area contributed by atoms with Crippen molar-refractivity contribution in [3.05, 3.63) is 64.9 Å². The quantitative estimate of drug-likeness (QED) is 0.266. The molecule has 1 amide bonds. The number of halogens is 2. The van der Waals surface area contributed by atoms with Crippen LogP contribution in [-0.4, -0.2) is 34.6 Å². The van der Waals surface area contributed by atoms with Gasteiger partial charge in [0.2, 0.25) is 0 Å². The van der Waals surface area contributed by atoms with Crippen molar-refractivity contribution in [3.8, 4) is 0 Å². The first-order valence-corrected chi connectivity index (χ1v) is 10.1. The fourth-order valence-electron chi connectivity index (χ4n) is 1.82. The zero-order valence-corrected chi connectivity index (χ0v) is 18.4. The smallest absolute Gasteiger partial charge is 0.257 e. The van der Waals surface area contributed by atoms with Crippen molar-refractivity contribution < 1.29 is 4.79 Å². The molecule has 0 saturated heterocycles. The van der Waals surface area contributed by atoms with Crippen molar-refractivity contribution in [3.63, 3.8) is 0 Å². The average molecular weight is 508 g/mol. The molecule has 2 rings (SSSR count). The summed E-state index contributed by atoms with van der Waals surface area (Å²) in [6.07, 6.45) is 3.63. The Balaban J connectivity index is 0.00000312. The van der Waals surface area contributed by atoms with Gasteiger partial charge in [-0.2, -0.15) is 11.8 Å². The SMILES string of the molecule is CS/C(=N\CCSCc1ncccc1Cl)NC(=O)c1ccccc1.I. The zero-order chi connectivity index (χ0) is 17.2. The summed E-state index contributed by atoms with van der Waals surface area (Å²) in [6.45, 7) is 0.625. The number of nitrogens with zero attached hydrogens (tertiary/aromatic N) is 2. The molecule has 8 heteroatoms. The number of amides is 1. The van der Waals surface area contributed by atoms with Crippen LogP contribution in [0.3, 0.4) is 0 Å². The molecule has 0 fully saturated rings.